The van der Waals surface area contributed by atoms with Gasteiger partial charge in [0.05, 0.1) is 0 Å². The first-order valence-electron chi connectivity index (χ1n) is 6.65. The Morgan fingerprint density at radius 3 is 2.71 bits per heavy atom. The molecule has 92 valence electrons. The van der Waals surface area contributed by atoms with Gasteiger partial charge in [0.15, 0.2) is 0 Å². The second-order valence-electron chi connectivity index (χ2n) is 5.20. The molecule has 0 atom stereocenters. The van der Waals surface area contributed by atoms with Crippen molar-refractivity contribution in [2.24, 2.45) is 0 Å². The minimum Gasteiger partial charge on any atom is -0.381 e. The highest BCUT2D eigenvalue weighted by molar-refractivity contribution is 5.19. The van der Waals surface area contributed by atoms with Crippen LogP contribution in [0.2, 0.25) is 0 Å². The van der Waals surface area contributed by atoms with Gasteiger partial charge in [-0.15, -0.1) is 0 Å². The summed E-state index contributed by atoms with van der Waals surface area (Å²) in [6, 6.07) is 5.63. The van der Waals surface area contributed by atoms with Crippen LogP contribution in [0, 0.1) is 0 Å². The largest absolute Gasteiger partial charge is 0.381 e. The van der Waals surface area contributed by atoms with Gasteiger partial charge < -0.3 is 10.1 Å². The first-order chi connectivity index (χ1) is 8.42. The molecular weight excluding hydrogens is 212 g/mol. The second kappa shape index (κ2) is 5.15. The molecule has 2 aliphatic rings. The molecule has 0 amide bonds. The standard InChI is InChI=1S/C14H20N2O/c1-2-11(10-15-5-1)12-8-14(9-12)16-13-3-6-17-7-4-13/h1-2,5,10,12-14,16H,3-4,6-9H2. The summed E-state index contributed by atoms with van der Waals surface area (Å²) >= 11 is 0. The van der Waals surface area contributed by atoms with E-state index in [4.69, 9.17) is 4.74 Å². The molecule has 1 aromatic heterocycles. The van der Waals surface area contributed by atoms with Gasteiger partial charge in [-0.3, -0.25) is 4.98 Å². The smallest absolute Gasteiger partial charge is 0.0480 e. The molecule has 0 bridgehead atoms. The molecule has 0 aromatic carbocycles. The molecular formula is C14H20N2O. The molecule has 0 radical (unpaired) electrons. The molecule has 2 heterocycles. The number of rotatable bonds is 3. The van der Waals surface area contributed by atoms with Crippen LogP contribution in [0.5, 0.6) is 0 Å². The van der Waals surface area contributed by atoms with Gasteiger partial charge in [-0.05, 0) is 43.2 Å². The van der Waals surface area contributed by atoms with Crippen LogP contribution < -0.4 is 5.32 Å². The highest BCUT2D eigenvalue weighted by Crippen LogP contribution is 2.36. The molecule has 1 aromatic rings. The topological polar surface area (TPSA) is 34.2 Å². The summed E-state index contributed by atoms with van der Waals surface area (Å²) in [5.41, 5.74) is 1.40. The molecule has 1 aliphatic carbocycles. The summed E-state index contributed by atoms with van der Waals surface area (Å²) in [6.45, 7) is 1.85. The quantitative estimate of drug-likeness (QED) is 0.866. The third kappa shape index (κ3) is 2.67. The van der Waals surface area contributed by atoms with E-state index in [9.17, 15) is 0 Å². The fourth-order valence-corrected chi connectivity index (χ4v) is 2.84. The van der Waals surface area contributed by atoms with Gasteiger partial charge in [0.25, 0.3) is 0 Å². The van der Waals surface area contributed by atoms with E-state index < -0.39 is 0 Å². The first kappa shape index (κ1) is 11.2. The summed E-state index contributed by atoms with van der Waals surface area (Å²) in [7, 11) is 0. The van der Waals surface area contributed by atoms with Crippen LogP contribution >= 0.6 is 0 Å². The van der Waals surface area contributed by atoms with E-state index in [1.165, 1.54) is 31.2 Å². The zero-order chi connectivity index (χ0) is 11.5. The van der Waals surface area contributed by atoms with Gasteiger partial charge in [0.2, 0.25) is 0 Å². The summed E-state index contributed by atoms with van der Waals surface area (Å²) in [5.74, 6) is 0.723. The number of pyridine rings is 1. The lowest BCUT2D eigenvalue weighted by molar-refractivity contribution is 0.0697. The summed E-state index contributed by atoms with van der Waals surface area (Å²) in [4.78, 5) is 4.19. The van der Waals surface area contributed by atoms with Crippen molar-refractivity contribution in [1.29, 1.82) is 0 Å². The number of hydrogen-bond acceptors (Lipinski definition) is 3. The van der Waals surface area contributed by atoms with Crippen LogP contribution in [0.4, 0.5) is 0 Å². The van der Waals surface area contributed by atoms with Crippen molar-refractivity contribution in [1.82, 2.24) is 10.3 Å². The minimum atomic E-state index is 0.684. The molecule has 2 fully saturated rings. The van der Waals surface area contributed by atoms with E-state index in [0.29, 0.717) is 12.1 Å². The van der Waals surface area contributed by atoms with E-state index in [1.807, 2.05) is 18.5 Å². The predicted molar refractivity (Wildman–Crippen MR) is 67.0 cm³/mol. The van der Waals surface area contributed by atoms with Crippen LogP contribution in [0.25, 0.3) is 0 Å². The van der Waals surface area contributed by atoms with Crippen molar-refractivity contribution in [3.63, 3.8) is 0 Å². The van der Waals surface area contributed by atoms with Crippen LogP contribution in [0.15, 0.2) is 24.5 Å². The fourth-order valence-electron chi connectivity index (χ4n) is 2.84. The Kier molecular flexibility index (Phi) is 3.39. The molecule has 1 N–H and O–H groups in total. The third-order valence-electron chi connectivity index (χ3n) is 3.99. The summed E-state index contributed by atoms with van der Waals surface area (Å²) in [5, 5.41) is 3.75. The number of hydrogen-bond donors (Lipinski definition) is 1. The maximum atomic E-state index is 5.38. The minimum absolute atomic E-state index is 0.684. The Hall–Kier alpha value is -0.930. The van der Waals surface area contributed by atoms with Crippen LogP contribution in [0.3, 0.4) is 0 Å². The normalized spacial score (nSPS) is 29.9. The van der Waals surface area contributed by atoms with Crippen molar-refractivity contribution in [3.8, 4) is 0 Å². The van der Waals surface area contributed by atoms with E-state index in [0.717, 1.165) is 19.1 Å². The van der Waals surface area contributed by atoms with E-state index in [-0.39, 0.29) is 0 Å². The Balaban J connectivity index is 1.45. The van der Waals surface area contributed by atoms with Crippen molar-refractivity contribution < 1.29 is 4.74 Å². The lowest BCUT2D eigenvalue weighted by Crippen LogP contribution is -2.47. The number of ether oxygens (including phenoxy) is 1. The third-order valence-corrected chi connectivity index (χ3v) is 3.99. The first-order valence-corrected chi connectivity index (χ1v) is 6.65. The van der Waals surface area contributed by atoms with Crippen molar-refractivity contribution >= 4 is 0 Å². The highest BCUT2D eigenvalue weighted by Gasteiger charge is 2.31. The molecule has 3 nitrogen and oxygen atoms in total. The van der Waals surface area contributed by atoms with E-state index in [1.54, 1.807) is 0 Å². The zero-order valence-electron chi connectivity index (χ0n) is 10.1. The number of nitrogens with zero attached hydrogens (tertiary/aromatic N) is 1. The fraction of sp³-hybridized carbons (Fsp3) is 0.643. The van der Waals surface area contributed by atoms with Crippen molar-refractivity contribution in [2.75, 3.05) is 13.2 Å². The molecule has 1 saturated carbocycles. The molecule has 3 heteroatoms. The monoisotopic (exact) mass is 232 g/mol. The Morgan fingerprint density at radius 1 is 1.18 bits per heavy atom. The predicted octanol–water partition coefficient (Wildman–Crippen LogP) is 2.10. The summed E-state index contributed by atoms with van der Waals surface area (Å²) < 4.78 is 5.38. The van der Waals surface area contributed by atoms with Crippen molar-refractivity contribution in [3.05, 3.63) is 30.1 Å². The lowest BCUT2D eigenvalue weighted by Gasteiger charge is -2.39. The average Bonchev–Trinajstić information content (AvgIpc) is 2.36. The molecule has 3 rings (SSSR count). The maximum Gasteiger partial charge on any atom is 0.0480 e. The van der Waals surface area contributed by atoms with Gasteiger partial charge in [-0.1, -0.05) is 6.07 Å². The Bertz CT molecular complexity index is 342. The average molecular weight is 232 g/mol. The van der Waals surface area contributed by atoms with Gasteiger partial charge in [-0.25, -0.2) is 0 Å². The number of nitrogens with one attached hydrogen (secondary N) is 1. The molecule has 0 unspecified atom stereocenters. The molecule has 17 heavy (non-hydrogen) atoms. The second-order valence-corrected chi connectivity index (χ2v) is 5.20. The van der Waals surface area contributed by atoms with E-state index >= 15 is 0 Å². The van der Waals surface area contributed by atoms with Crippen molar-refractivity contribution in [2.45, 2.75) is 43.7 Å². The van der Waals surface area contributed by atoms with Crippen LogP contribution in [0.1, 0.15) is 37.2 Å². The van der Waals surface area contributed by atoms with Crippen LogP contribution in [-0.4, -0.2) is 30.3 Å². The highest BCUT2D eigenvalue weighted by atomic mass is 16.5. The van der Waals surface area contributed by atoms with Gasteiger partial charge in [0.1, 0.15) is 0 Å². The lowest BCUT2D eigenvalue weighted by atomic mass is 9.76. The number of aromatic nitrogens is 1. The van der Waals surface area contributed by atoms with Crippen LogP contribution in [-0.2, 0) is 4.74 Å². The van der Waals surface area contributed by atoms with Gasteiger partial charge >= 0.3 is 0 Å². The Labute approximate surface area is 103 Å². The molecule has 0 spiro atoms. The molecule has 1 aliphatic heterocycles. The van der Waals surface area contributed by atoms with Gasteiger partial charge in [0, 0.05) is 37.7 Å². The molecule has 1 saturated heterocycles. The maximum absolute atomic E-state index is 5.38. The summed E-state index contributed by atoms with van der Waals surface area (Å²) in [6.07, 6.45) is 8.74. The van der Waals surface area contributed by atoms with Gasteiger partial charge in [-0.2, -0.15) is 0 Å². The SMILES string of the molecule is c1cncc(C2CC(NC3CCOCC3)C2)c1. The Morgan fingerprint density at radius 2 is 2.00 bits per heavy atom. The van der Waals surface area contributed by atoms with E-state index in [2.05, 4.69) is 16.4 Å². The zero-order valence-corrected chi connectivity index (χ0v) is 10.1.